The summed E-state index contributed by atoms with van der Waals surface area (Å²) in [6.07, 6.45) is 1.96. The largest absolute Gasteiger partial charge is 0.454 e. The van der Waals surface area contributed by atoms with Crippen LogP contribution in [0.15, 0.2) is 12.1 Å². The van der Waals surface area contributed by atoms with E-state index < -0.39 is 0 Å². The second kappa shape index (κ2) is 3.98. The minimum atomic E-state index is -0.0236. The van der Waals surface area contributed by atoms with Gasteiger partial charge >= 0.3 is 0 Å². The molecule has 1 atom stereocenters. The number of hydrogen-bond donors (Lipinski definition) is 2. The first-order chi connectivity index (χ1) is 7.22. The van der Waals surface area contributed by atoms with Crippen LogP contribution in [0.4, 0.5) is 5.69 Å². The molecule has 1 unspecified atom stereocenters. The molecular weight excluding hydrogens is 192 g/mol. The van der Waals surface area contributed by atoms with E-state index in [-0.39, 0.29) is 12.8 Å². The van der Waals surface area contributed by atoms with Crippen LogP contribution in [0.1, 0.15) is 31.4 Å². The van der Waals surface area contributed by atoms with Gasteiger partial charge in [0.25, 0.3) is 0 Å². The van der Waals surface area contributed by atoms with E-state index in [1.807, 2.05) is 6.07 Å². The Labute approximate surface area is 89.2 Å². The van der Waals surface area contributed by atoms with Crippen LogP contribution >= 0.6 is 0 Å². The van der Waals surface area contributed by atoms with Crippen LogP contribution in [0.2, 0.25) is 0 Å². The third-order valence-corrected chi connectivity index (χ3v) is 2.58. The number of nitrogens with two attached hydrogens (primary N) is 2. The van der Waals surface area contributed by atoms with E-state index in [4.69, 9.17) is 20.9 Å². The predicted octanol–water partition coefficient (Wildman–Crippen LogP) is 1.80. The zero-order chi connectivity index (χ0) is 10.8. The van der Waals surface area contributed by atoms with Crippen LogP contribution in [0.25, 0.3) is 0 Å². The van der Waals surface area contributed by atoms with E-state index in [1.165, 1.54) is 0 Å². The van der Waals surface area contributed by atoms with Crippen molar-refractivity contribution in [2.75, 3.05) is 12.5 Å². The van der Waals surface area contributed by atoms with Crippen molar-refractivity contribution in [3.8, 4) is 11.5 Å². The van der Waals surface area contributed by atoms with Crippen molar-refractivity contribution >= 4 is 5.69 Å². The normalized spacial score (nSPS) is 15.3. The van der Waals surface area contributed by atoms with E-state index in [9.17, 15) is 0 Å². The molecule has 0 bridgehead atoms. The summed E-state index contributed by atoms with van der Waals surface area (Å²) < 4.78 is 10.5. The third kappa shape index (κ3) is 1.85. The highest BCUT2D eigenvalue weighted by Gasteiger charge is 2.18. The Morgan fingerprint density at radius 3 is 2.67 bits per heavy atom. The highest BCUT2D eigenvalue weighted by molar-refractivity contribution is 5.59. The fraction of sp³-hybridized carbons (Fsp3) is 0.455. The quantitative estimate of drug-likeness (QED) is 0.743. The summed E-state index contributed by atoms with van der Waals surface area (Å²) >= 11 is 0. The summed E-state index contributed by atoms with van der Waals surface area (Å²) in [5.41, 5.74) is 13.6. The SMILES string of the molecule is CCCC(N)c1cc2c(cc1N)OCO2. The molecule has 0 amide bonds. The number of fused-ring (bicyclic) bond motifs is 1. The molecule has 1 aromatic rings. The second-order valence-electron chi connectivity index (χ2n) is 3.73. The number of benzene rings is 1. The minimum absolute atomic E-state index is 0.0236. The average Bonchev–Trinajstić information content (AvgIpc) is 2.63. The van der Waals surface area contributed by atoms with Crippen LogP contribution < -0.4 is 20.9 Å². The molecule has 1 aromatic carbocycles. The lowest BCUT2D eigenvalue weighted by Crippen LogP contribution is -2.12. The van der Waals surface area contributed by atoms with Gasteiger partial charge in [-0.2, -0.15) is 0 Å². The van der Waals surface area contributed by atoms with Crippen LogP contribution in [0.5, 0.6) is 11.5 Å². The van der Waals surface area contributed by atoms with Crippen LogP contribution in [0.3, 0.4) is 0 Å². The maximum Gasteiger partial charge on any atom is 0.231 e. The van der Waals surface area contributed by atoms with Gasteiger partial charge in [-0.05, 0) is 18.1 Å². The maximum atomic E-state index is 6.02. The summed E-state index contributed by atoms with van der Waals surface area (Å²) in [4.78, 5) is 0. The molecule has 0 fully saturated rings. The molecule has 4 heteroatoms. The standard InChI is InChI=1S/C11H16N2O2/c1-2-3-8(12)7-4-10-11(5-9(7)13)15-6-14-10/h4-5,8H,2-3,6,12-13H2,1H3. The van der Waals surface area contributed by atoms with Gasteiger partial charge in [0.05, 0.1) is 0 Å². The smallest absolute Gasteiger partial charge is 0.231 e. The zero-order valence-corrected chi connectivity index (χ0v) is 8.82. The van der Waals surface area contributed by atoms with Gasteiger partial charge in [-0.3, -0.25) is 0 Å². The van der Waals surface area contributed by atoms with Crippen molar-refractivity contribution in [3.63, 3.8) is 0 Å². The lowest BCUT2D eigenvalue weighted by Gasteiger charge is -2.14. The fourth-order valence-corrected chi connectivity index (χ4v) is 1.76. The number of rotatable bonds is 3. The third-order valence-electron chi connectivity index (χ3n) is 2.58. The Bertz CT molecular complexity index is 366. The predicted molar refractivity (Wildman–Crippen MR) is 58.8 cm³/mol. The summed E-state index contributed by atoms with van der Waals surface area (Å²) in [5, 5.41) is 0. The Morgan fingerprint density at radius 2 is 2.00 bits per heavy atom. The van der Waals surface area contributed by atoms with Crippen molar-refractivity contribution in [2.45, 2.75) is 25.8 Å². The molecule has 82 valence electrons. The van der Waals surface area contributed by atoms with Crippen molar-refractivity contribution < 1.29 is 9.47 Å². The van der Waals surface area contributed by atoms with Crippen molar-refractivity contribution in [3.05, 3.63) is 17.7 Å². The molecule has 0 aromatic heterocycles. The number of ether oxygens (including phenoxy) is 2. The molecule has 0 saturated heterocycles. The summed E-state index contributed by atoms with van der Waals surface area (Å²) in [5.74, 6) is 1.45. The van der Waals surface area contributed by atoms with E-state index in [2.05, 4.69) is 6.92 Å². The average molecular weight is 208 g/mol. The summed E-state index contributed by atoms with van der Waals surface area (Å²) in [6.45, 7) is 2.37. The molecule has 0 aliphatic carbocycles. The van der Waals surface area contributed by atoms with Gasteiger partial charge in [0.15, 0.2) is 11.5 Å². The number of hydrogen-bond acceptors (Lipinski definition) is 4. The fourth-order valence-electron chi connectivity index (χ4n) is 1.76. The minimum Gasteiger partial charge on any atom is -0.454 e. The molecule has 0 saturated carbocycles. The van der Waals surface area contributed by atoms with Gasteiger partial charge in [0.2, 0.25) is 6.79 Å². The molecule has 0 radical (unpaired) electrons. The van der Waals surface area contributed by atoms with Gasteiger partial charge in [-0.1, -0.05) is 13.3 Å². The van der Waals surface area contributed by atoms with Gasteiger partial charge in [-0.15, -0.1) is 0 Å². The van der Waals surface area contributed by atoms with E-state index in [0.717, 1.165) is 24.2 Å². The molecule has 1 heterocycles. The summed E-state index contributed by atoms with van der Waals surface area (Å²) in [7, 11) is 0. The van der Waals surface area contributed by atoms with Crippen molar-refractivity contribution in [2.24, 2.45) is 5.73 Å². The van der Waals surface area contributed by atoms with E-state index in [0.29, 0.717) is 11.4 Å². The van der Waals surface area contributed by atoms with Crippen molar-refractivity contribution in [1.29, 1.82) is 0 Å². The number of nitrogen functional groups attached to an aromatic ring is 1. The van der Waals surface area contributed by atoms with Gasteiger partial charge in [-0.25, -0.2) is 0 Å². The number of anilines is 1. The molecule has 4 N–H and O–H groups in total. The highest BCUT2D eigenvalue weighted by Crippen LogP contribution is 2.38. The molecule has 2 rings (SSSR count). The first-order valence-electron chi connectivity index (χ1n) is 5.17. The topological polar surface area (TPSA) is 70.5 Å². The Kier molecular flexibility index (Phi) is 2.68. The van der Waals surface area contributed by atoms with Gasteiger partial charge < -0.3 is 20.9 Å². The Balaban J connectivity index is 2.31. The molecule has 4 nitrogen and oxygen atoms in total. The van der Waals surface area contributed by atoms with Crippen molar-refractivity contribution in [1.82, 2.24) is 0 Å². The second-order valence-corrected chi connectivity index (χ2v) is 3.73. The molecule has 1 aliphatic rings. The molecule has 0 spiro atoms. The van der Waals surface area contributed by atoms with Gasteiger partial charge in [0, 0.05) is 17.8 Å². The van der Waals surface area contributed by atoms with E-state index in [1.54, 1.807) is 6.07 Å². The van der Waals surface area contributed by atoms with E-state index >= 15 is 0 Å². The first kappa shape index (κ1) is 10.1. The summed E-state index contributed by atoms with van der Waals surface area (Å²) in [6, 6.07) is 3.65. The highest BCUT2D eigenvalue weighted by atomic mass is 16.7. The maximum absolute atomic E-state index is 6.02. The lowest BCUT2D eigenvalue weighted by molar-refractivity contribution is 0.174. The van der Waals surface area contributed by atoms with Crippen LogP contribution in [0, 0.1) is 0 Å². The zero-order valence-electron chi connectivity index (χ0n) is 8.82. The van der Waals surface area contributed by atoms with Crippen LogP contribution in [-0.2, 0) is 0 Å². The molecule has 1 aliphatic heterocycles. The molecule has 15 heavy (non-hydrogen) atoms. The molecular formula is C11H16N2O2. The monoisotopic (exact) mass is 208 g/mol. The Hall–Kier alpha value is -1.42. The lowest BCUT2D eigenvalue weighted by atomic mass is 10.0. The van der Waals surface area contributed by atoms with Gasteiger partial charge in [0.1, 0.15) is 0 Å². The first-order valence-corrected chi connectivity index (χ1v) is 5.17. The van der Waals surface area contributed by atoms with Crippen LogP contribution in [-0.4, -0.2) is 6.79 Å². The Morgan fingerprint density at radius 1 is 1.33 bits per heavy atom.